The molecule has 0 fully saturated rings. The van der Waals surface area contributed by atoms with Gasteiger partial charge in [0.25, 0.3) is 0 Å². The van der Waals surface area contributed by atoms with Crippen LogP contribution in [0.15, 0.2) is 48.5 Å². The van der Waals surface area contributed by atoms with Crippen molar-refractivity contribution >= 4 is 23.7 Å². The third-order valence-electron chi connectivity index (χ3n) is 6.00. The molecule has 17 heteroatoms. The topological polar surface area (TPSA) is 110 Å². The summed E-state index contributed by atoms with van der Waals surface area (Å²) in [6.07, 6.45) is -13.7. The van der Waals surface area contributed by atoms with Crippen LogP contribution in [-0.2, 0) is 36.3 Å². The predicted octanol–water partition coefficient (Wildman–Crippen LogP) is 5.04. The highest BCUT2D eigenvalue weighted by Crippen LogP contribution is 2.31. The lowest BCUT2D eigenvalue weighted by Gasteiger charge is -2.24. The van der Waals surface area contributed by atoms with Crippen molar-refractivity contribution in [1.82, 2.24) is 9.80 Å². The van der Waals surface area contributed by atoms with Gasteiger partial charge in [0.2, 0.25) is 0 Å². The number of rotatable bonds is 5. The molecule has 0 saturated carbocycles. The minimum absolute atomic E-state index is 0.266. The molecule has 0 aliphatic heterocycles. The van der Waals surface area contributed by atoms with Gasteiger partial charge in [0.15, 0.2) is 6.61 Å². The molecular formula is C26H26F9N3O5. The summed E-state index contributed by atoms with van der Waals surface area (Å²) >= 11 is 0. The standard InChI is InChI=1S/C14H13F6NO3.C12H13F3N2O2/c1-8(9-3-5-10(6-4-9)14(18,19)20)21(2)11(22)12(23)24-7-13(15,16)17;1-7(17(2)11(19)10(16)18)8-3-5-9(6-4-8)12(13,14)15/h3-6,8H,7H2,1-2H3;3-7H,1-2H3,(H2,16,18). The van der Waals surface area contributed by atoms with Gasteiger partial charge in [0.1, 0.15) is 0 Å². The van der Waals surface area contributed by atoms with Gasteiger partial charge in [-0.2, -0.15) is 39.5 Å². The molecule has 3 amide bonds. The molecule has 2 atom stereocenters. The zero-order valence-electron chi connectivity index (χ0n) is 22.9. The first-order valence-electron chi connectivity index (χ1n) is 11.9. The van der Waals surface area contributed by atoms with Crippen molar-refractivity contribution in [3.8, 4) is 0 Å². The molecule has 2 aromatic rings. The molecule has 0 aromatic heterocycles. The molecule has 0 heterocycles. The number of primary amides is 1. The van der Waals surface area contributed by atoms with Gasteiger partial charge in [0, 0.05) is 14.1 Å². The molecule has 0 saturated heterocycles. The first-order chi connectivity index (χ1) is 19.5. The maximum absolute atomic E-state index is 12.5. The number of esters is 1. The highest BCUT2D eigenvalue weighted by molar-refractivity contribution is 6.34. The van der Waals surface area contributed by atoms with E-state index in [2.05, 4.69) is 4.74 Å². The average Bonchev–Trinajstić information content (AvgIpc) is 2.92. The molecule has 0 aliphatic carbocycles. The molecule has 0 bridgehead atoms. The second kappa shape index (κ2) is 14.2. The van der Waals surface area contributed by atoms with E-state index in [9.17, 15) is 58.7 Å². The summed E-state index contributed by atoms with van der Waals surface area (Å²) in [5.74, 6) is -5.05. The van der Waals surface area contributed by atoms with Crippen molar-refractivity contribution in [1.29, 1.82) is 0 Å². The highest BCUT2D eigenvalue weighted by Gasteiger charge is 2.34. The van der Waals surface area contributed by atoms with Crippen LogP contribution in [0.3, 0.4) is 0 Å². The van der Waals surface area contributed by atoms with E-state index in [-0.39, 0.29) is 5.56 Å². The molecule has 8 nitrogen and oxygen atoms in total. The lowest BCUT2D eigenvalue weighted by molar-refractivity contribution is -0.189. The number of halogens is 9. The number of ether oxygens (including phenoxy) is 1. The van der Waals surface area contributed by atoms with Crippen LogP contribution in [0.25, 0.3) is 0 Å². The number of likely N-dealkylation sites (N-methyl/N-ethyl adjacent to an activating group) is 2. The second-order valence-electron chi connectivity index (χ2n) is 8.98. The van der Waals surface area contributed by atoms with E-state index in [4.69, 9.17) is 5.73 Å². The van der Waals surface area contributed by atoms with Gasteiger partial charge in [-0.1, -0.05) is 24.3 Å². The summed E-state index contributed by atoms with van der Waals surface area (Å²) in [6.45, 7) is 1.08. The first-order valence-corrected chi connectivity index (χ1v) is 11.9. The Labute approximate surface area is 239 Å². The van der Waals surface area contributed by atoms with E-state index >= 15 is 0 Å². The van der Waals surface area contributed by atoms with E-state index in [1.807, 2.05) is 0 Å². The molecule has 0 radical (unpaired) electrons. The van der Waals surface area contributed by atoms with E-state index in [1.54, 1.807) is 6.92 Å². The number of hydrogen-bond donors (Lipinski definition) is 1. The normalized spacial score (nSPS) is 13.1. The molecule has 43 heavy (non-hydrogen) atoms. The van der Waals surface area contributed by atoms with Crippen molar-refractivity contribution in [2.24, 2.45) is 5.73 Å². The smallest absolute Gasteiger partial charge is 0.422 e. The van der Waals surface area contributed by atoms with Crippen molar-refractivity contribution in [3.05, 3.63) is 70.8 Å². The maximum atomic E-state index is 12.5. The van der Waals surface area contributed by atoms with Crippen LogP contribution in [0, 0.1) is 0 Å². The molecule has 0 spiro atoms. The Kier molecular flexibility index (Phi) is 12.2. The number of carbonyl (C=O) groups is 4. The Morgan fingerprint density at radius 3 is 1.28 bits per heavy atom. The Hall–Kier alpha value is -4.31. The van der Waals surface area contributed by atoms with Crippen molar-refractivity contribution in [2.45, 2.75) is 44.5 Å². The summed E-state index contributed by atoms with van der Waals surface area (Å²) in [5, 5.41) is 0. The van der Waals surface area contributed by atoms with Crippen molar-refractivity contribution < 1.29 is 63.4 Å². The monoisotopic (exact) mass is 631 g/mol. The summed E-state index contributed by atoms with van der Waals surface area (Å²) in [7, 11) is 2.48. The van der Waals surface area contributed by atoms with Gasteiger partial charge in [-0.25, -0.2) is 4.79 Å². The van der Waals surface area contributed by atoms with Crippen LogP contribution >= 0.6 is 0 Å². The Morgan fingerprint density at radius 1 is 0.674 bits per heavy atom. The van der Waals surface area contributed by atoms with Gasteiger partial charge in [-0.05, 0) is 49.2 Å². The quantitative estimate of drug-likeness (QED) is 0.283. The lowest BCUT2D eigenvalue weighted by atomic mass is 10.0. The van der Waals surface area contributed by atoms with Gasteiger partial charge in [0.05, 0.1) is 23.2 Å². The summed E-state index contributed by atoms with van der Waals surface area (Å²) in [4.78, 5) is 46.9. The van der Waals surface area contributed by atoms with Crippen molar-refractivity contribution in [2.75, 3.05) is 20.7 Å². The Morgan fingerprint density at radius 2 is 1.00 bits per heavy atom. The lowest BCUT2D eigenvalue weighted by Crippen LogP contribution is -2.39. The molecule has 2 unspecified atom stereocenters. The summed E-state index contributed by atoms with van der Waals surface area (Å²) in [6, 6.07) is 6.79. The van der Waals surface area contributed by atoms with Gasteiger partial charge < -0.3 is 20.3 Å². The first kappa shape index (κ1) is 36.7. The number of hydrogen-bond acceptors (Lipinski definition) is 5. The SMILES string of the molecule is CC(c1ccc(C(F)(F)F)cc1)N(C)C(=O)C(=O)OCC(F)(F)F.CC(c1ccc(C(F)(F)F)cc1)N(C)C(=O)C(N)=O. The number of nitrogens with zero attached hydrogens (tertiary/aromatic N) is 2. The number of nitrogens with two attached hydrogens (primary N) is 1. The van der Waals surface area contributed by atoms with Crippen LogP contribution in [0.5, 0.6) is 0 Å². The molecule has 2 rings (SSSR count). The molecule has 0 aliphatic rings. The maximum Gasteiger partial charge on any atom is 0.422 e. The van der Waals surface area contributed by atoms with Crippen LogP contribution in [0.1, 0.15) is 48.2 Å². The third-order valence-corrected chi connectivity index (χ3v) is 6.00. The summed E-state index contributed by atoms with van der Waals surface area (Å²) in [5.41, 5.74) is 3.94. The molecule has 238 valence electrons. The van der Waals surface area contributed by atoms with Gasteiger partial charge in [-0.15, -0.1) is 0 Å². The highest BCUT2D eigenvalue weighted by atomic mass is 19.4. The fourth-order valence-electron chi connectivity index (χ4n) is 3.23. The molecule has 2 aromatic carbocycles. The minimum Gasteiger partial charge on any atom is -0.449 e. The van der Waals surface area contributed by atoms with Gasteiger partial charge >= 0.3 is 42.2 Å². The second-order valence-corrected chi connectivity index (χ2v) is 8.98. The van der Waals surface area contributed by atoms with E-state index in [0.717, 1.165) is 53.2 Å². The van der Waals surface area contributed by atoms with E-state index in [1.165, 1.54) is 26.1 Å². The zero-order valence-corrected chi connectivity index (χ0v) is 22.9. The van der Waals surface area contributed by atoms with E-state index < -0.39 is 72.0 Å². The fourth-order valence-corrected chi connectivity index (χ4v) is 3.23. The summed E-state index contributed by atoms with van der Waals surface area (Å²) < 4.78 is 114. The van der Waals surface area contributed by atoms with Crippen molar-refractivity contribution in [3.63, 3.8) is 0 Å². The molecule has 2 N–H and O–H groups in total. The third kappa shape index (κ3) is 11.1. The Balaban J connectivity index is 0.000000442. The number of carbonyl (C=O) groups excluding carboxylic acids is 4. The number of amides is 3. The largest absolute Gasteiger partial charge is 0.449 e. The molecular weight excluding hydrogens is 605 g/mol. The van der Waals surface area contributed by atoms with Crippen LogP contribution in [0.4, 0.5) is 39.5 Å². The fraction of sp³-hybridized carbons (Fsp3) is 0.385. The van der Waals surface area contributed by atoms with Crippen LogP contribution in [-0.4, -0.2) is 60.4 Å². The predicted molar refractivity (Wildman–Crippen MR) is 131 cm³/mol. The van der Waals surface area contributed by atoms with Gasteiger partial charge in [-0.3, -0.25) is 14.4 Å². The number of benzene rings is 2. The average molecular weight is 631 g/mol. The Bertz CT molecular complexity index is 1280. The minimum atomic E-state index is -4.77. The van der Waals surface area contributed by atoms with Crippen LogP contribution < -0.4 is 5.73 Å². The van der Waals surface area contributed by atoms with Crippen LogP contribution in [0.2, 0.25) is 0 Å². The van der Waals surface area contributed by atoms with E-state index in [0.29, 0.717) is 5.56 Å². The zero-order chi connectivity index (χ0) is 33.5. The number of alkyl halides is 9.